The minimum absolute atomic E-state index is 0.0286. The van der Waals surface area contributed by atoms with E-state index in [1.165, 1.54) is 141 Å². The third-order valence-corrected chi connectivity index (χ3v) is 15.5. The number of allylic oxidation sites excluding steroid dienone is 13. The van der Waals surface area contributed by atoms with Gasteiger partial charge in [-0.15, -0.1) is 0 Å². The molecule has 0 aliphatic heterocycles. The Balaban J connectivity index is 5.19. The van der Waals surface area contributed by atoms with Crippen molar-refractivity contribution in [1.29, 1.82) is 0 Å². The molecule has 0 aromatic rings. The zero-order valence-corrected chi connectivity index (χ0v) is 53.9. The molecule has 3 atom stereocenters. The molecule has 9 nitrogen and oxygen atoms in total. The second kappa shape index (κ2) is 59.4. The molecule has 0 aliphatic rings. The van der Waals surface area contributed by atoms with E-state index < -0.39 is 26.6 Å². The van der Waals surface area contributed by atoms with Gasteiger partial charge in [0.1, 0.15) is 19.3 Å². The van der Waals surface area contributed by atoms with E-state index >= 15 is 0 Å². The molecule has 0 spiro atoms. The number of phosphoric ester groups is 1. The van der Waals surface area contributed by atoms with E-state index in [9.17, 15) is 19.0 Å². The average Bonchev–Trinajstić information content (AvgIpc) is 3.43. The zero-order valence-electron chi connectivity index (χ0n) is 53.0. The Morgan fingerprint density at radius 2 is 0.762 bits per heavy atom. The normalized spacial score (nSPS) is 14.1. The summed E-state index contributed by atoms with van der Waals surface area (Å²) in [6.07, 6.45) is 78.3. The number of likely N-dealkylation sites (N-methyl/N-ethyl adjacent to an activating group) is 1. The van der Waals surface area contributed by atoms with Crippen LogP contribution in [0.15, 0.2) is 85.1 Å². The number of quaternary nitrogens is 1. The van der Waals surface area contributed by atoms with E-state index in [4.69, 9.17) is 13.8 Å². The highest BCUT2D eigenvalue weighted by molar-refractivity contribution is 7.45. The van der Waals surface area contributed by atoms with E-state index in [-0.39, 0.29) is 24.9 Å². The third-order valence-electron chi connectivity index (χ3n) is 14.5. The Bertz CT molecular complexity index is 1640. The van der Waals surface area contributed by atoms with Crippen LogP contribution in [0.4, 0.5) is 0 Å². The van der Waals surface area contributed by atoms with Crippen LogP contribution in [0.5, 0.6) is 0 Å². The van der Waals surface area contributed by atoms with Crippen LogP contribution in [0, 0.1) is 0 Å². The molecule has 10 heteroatoms. The van der Waals surface area contributed by atoms with Crippen LogP contribution >= 0.6 is 7.82 Å². The number of phosphoric acid groups is 1. The number of ether oxygens (including phenoxy) is 1. The van der Waals surface area contributed by atoms with Crippen molar-refractivity contribution in [2.75, 3.05) is 40.9 Å². The predicted molar refractivity (Wildman–Crippen MR) is 344 cm³/mol. The van der Waals surface area contributed by atoms with Crippen LogP contribution in [0.25, 0.3) is 0 Å². The van der Waals surface area contributed by atoms with Gasteiger partial charge in [0.25, 0.3) is 7.82 Å². The summed E-state index contributed by atoms with van der Waals surface area (Å²) in [5.74, 6) is -0.557. The summed E-state index contributed by atoms with van der Waals surface area (Å²) in [6.45, 7) is 6.79. The lowest BCUT2D eigenvalue weighted by Gasteiger charge is -2.30. The van der Waals surface area contributed by atoms with Crippen LogP contribution in [0.3, 0.4) is 0 Å². The molecule has 0 bridgehead atoms. The molecule has 0 radical (unpaired) electrons. The van der Waals surface area contributed by atoms with Crippen molar-refractivity contribution in [2.24, 2.45) is 0 Å². The average molecular weight is 1140 g/mol. The summed E-state index contributed by atoms with van der Waals surface area (Å²) in [5, 5.41) is 3.03. The second-order valence-electron chi connectivity index (χ2n) is 23.6. The van der Waals surface area contributed by atoms with E-state index in [1.54, 1.807) is 0 Å². The Labute approximate surface area is 495 Å². The van der Waals surface area contributed by atoms with Gasteiger partial charge in [-0.3, -0.25) is 14.2 Å². The van der Waals surface area contributed by atoms with Gasteiger partial charge in [-0.2, -0.15) is 0 Å². The molecular formula is C70H127N2O7P. The lowest BCUT2D eigenvalue weighted by atomic mass is 10.0. The zero-order chi connectivity index (χ0) is 58.6. The van der Waals surface area contributed by atoms with Crippen molar-refractivity contribution in [3.8, 4) is 0 Å². The highest BCUT2D eigenvalue weighted by Crippen LogP contribution is 2.38. The number of nitrogens with one attached hydrogen (secondary N) is 1. The molecule has 0 saturated heterocycles. The first-order valence-corrected chi connectivity index (χ1v) is 34.9. The smallest absolute Gasteiger partial charge is 0.306 e. The maximum atomic E-state index is 13.6. The molecule has 1 amide bonds. The van der Waals surface area contributed by atoms with Crippen LogP contribution in [-0.4, -0.2) is 69.4 Å². The largest absolute Gasteiger partial charge is 0.756 e. The minimum atomic E-state index is -4.71. The first kappa shape index (κ1) is 77.2. The summed E-state index contributed by atoms with van der Waals surface area (Å²) < 4.78 is 30.4. The first-order chi connectivity index (χ1) is 38.9. The number of rotatable bonds is 60. The third kappa shape index (κ3) is 59.8. The fraction of sp³-hybridized carbons (Fsp3) is 0.771. The number of hydrogen-bond donors (Lipinski definition) is 1. The Kier molecular flexibility index (Phi) is 57.3. The van der Waals surface area contributed by atoms with Crippen molar-refractivity contribution >= 4 is 19.7 Å². The van der Waals surface area contributed by atoms with Gasteiger partial charge in [-0.1, -0.05) is 260 Å². The SMILES string of the molecule is CCCCC/C=C\C/C=C\C/C=C\CCCCCCCCCCCCC(=O)OC(/C=C/CCCCCCCCCCCC)C(COP(=O)([O-])OCC[N+](C)(C)C)NC(=O)CCCCCCCC/C=C\C/C=C\C/C=C\CCCCC. The molecule has 1 N–H and O–H groups in total. The predicted octanol–water partition coefficient (Wildman–Crippen LogP) is 20.3. The summed E-state index contributed by atoms with van der Waals surface area (Å²) in [5.41, 5.74) is 0. The molecule has 80 heavy (non-hydrogen) atoms. The van der Waals surface area contributed by atoms with Crippen molar-refractivity contribution < 1.29 is 37.3 Å². The monoisotopic (exact) mass is 1140 g/mol. The van der Waals surface area contributed by atoms with E-state index in [2.05, 4.69) is 99.0 Å². The lowest BCUT2D eigenvalue weighted by Crippen LogP contribution is -2.47. The van der Waals surface area contributed by atoms with Gasteiger partial charge in [0.15, 0.2) is 0 Å². The van der Waals surface area contributed by atoms with Crippen LogP contribution in [-0.2, 0) is 27.9 Å². The molecule has 0 saturated carbocycles. The van der Waals surface area contributed by atoms with Gasteiger partial charge in [-0.25, -0.2) is 0 Å². The summed E-state index contributed by atoms with van der Waals surface area (Å²) in [7, 11) is 1.17. The maximum Gasteiger partial charge on any atom is 0.306 e. The van der Waals surface area contributed by atoms with Crippen molar-refractivity contribution in [2.45, 2.75) is 309 Å². The molecule has 0 aliphatic carbocycles. The maximum absolute atomic E-state index is 13.6. The number of hydrogen-bond acceptors (Lipinski definition) is 7. The van der Waals surface area contributed by atoms with Crippen molar-refractivity contribution in [1.82, 2.24) is 5.32 Å². The number of nitrogens with zero attached hydrogens (tertiary/aromatic N) is 1. The molecule has 3 unspecified atom stereocenters. The van der Waals surface area contributed by atoms with Gasteiger partial charge in [0.05, 0.1) is 33.8 Å². The summed E-state index contributed by atoms with van der Waals surface area (Å²) in [6, 6.07) is -0.901. The van der Waals surface area contributed by atoms with Gasteiger partial charge >= 0.3 is 5.97 Å². The van der Waals surface area contributed by atoms with Crippen molar-refractivity contribution in [3.05, 3.63) is 85.1 Å². The van der Waals surface area contributed by atoms with E-state index in [0.29, 0.717) is 17.4 Å². The fourth-order valence-electron chi connectivity index (χ4n) is 9.36. The van der Waals surface area contributed by atoms with Crippen molar-refractivity contribution in [3.63, 3.8) is 0 Å². The molecule has 0 aromatic carbocycles. The fourth-order valence-corrected chi connectivity index (χ4v) is 10.1. The standard InChI is InChI=1S/C70H127N2O7P/c1-7-10-13-16-19-22-25-28-30-32-34-35-36-37-39-41-43-45-48-51-54-57-60-63-70(74)79-68(61-58-55-52-49-46-27-24-21-18-15-12-9-3)67(66-78-80(75,76)77-65-64-72(4,5)6)71-69(73)62-59-56-53-50-47-44-42-40-38-33-31-29-26-23-20-17-14-11-8-2/h19-20,22-23,28-31,34-35,38,40,58,61,67-68H,7-18,21,24-27,32-33,36-37,39,41-57,59-60,62-66H2,1-6H3,(H-,71,73,75,76)/b22-19-,23-20-,30-28-,31-29-,35-34-,40-38-,61-58+. The highest BCUT2D eigenvalue weighted by atomic mass is 31.2. The molecule has 0 aromatic heterocycles. The Morgan fingerprint density at radius 1 is 0.438 bits per heavy atom. The molecule has 0 fully saturated rings. The second-order valence-corrected chi connectivity index (χ2v) is 25.0. The quantitative estimate of drug-likeness (QED) is 0.0212. The van der Waals surface area contributed by atoms with Gasteiger partial charge in [0, 0.05) is 12.8 Å². The Hall–Kier alpha value is -2.81. The van der Waals surface area contributed by atoms with Gasteiger partial charge < -0.3 is 28.5 Å². The number of unbranched alkanes of at least 4 members (excludes halogenated alkanes) is 32. The van der Waals surface area contributed by atoms with E-state index in [1.807, 2.05) is 33.3 Å². The molecule has 464 valence electrons. The summed E-state index contributed by atoms with van der Waals surface area (Å²) in [4.78, 5) is 40.1. The highest BCUT2D eigenvalue weighted by Gasteiger charge is 2.27. The molecular weight excluding hydrogens is 1010 g/mol. The molecule has 0 heterocycles. The number of carbonyl (C=O) groups excluding carboxylic acids is 2. The number of carbonyl (C=O) groups is 2. The van der Waals surface area contributed by atoms with Gasteiger partial charge in [-0.05, 0) is 109 Å². The number of esters is 1. The van der Waals surface area contributed by atoms with Crippen LogP contribution in [0.1, 0.15) is 297 Å². The number of amides is 1. The molecule has 0 rings (SSSR count). The van der Waals surface area contributed by atoms with Crippen LogP contribution < -0.4 is 10.2 Å². The lowest BCUT2D eigenvalue weighted by molar-refractivity contribution is -0.870. The van der Waals surface area contributed by atoms with E-state index in [0.717, 1.165) is 122 Å². The van der Waals surface area contributed by atoms with Gasteiger partial charge in [0.2, 0.25) is 5.91 Å². The Morgan fingerprint density at radius 3 is 1.16 bits per heavy atom. The van der Waals surface area contributed by atoms with Crippen LogP contribution in [0.2, 0.25) is 0 Å². The first-order valence-electron chi connectivity index (χ1n) is 33.4. The minimum Gasteiger partial charge on any atom is -0.756 e. The topological polar surface area (TPSA) is 114 Å². The summed E-state index contributed by atoms with van der Waals surface area (Å²) >= 11 is 0.